The predicted molar refractivity (Wildman–Crippen MR) is 97.1 cm³/mol. The zero-order valence-electron chi connectivity index (χ0n) is 14.2. The highest BCUT2D eigenvalue weighted by atomic mass is 35.5. The molecule has 1 aliphatic rings. The quantitative estimate of drug-likeness (QED) is 0.772. The summed E-state index contributed by atoms with van der Waals surface area (Å²) in [5, 5.41) is 11.9. The molecule has 1 unspecified atom stereocenters. The first-order valence-corrected chi connectivity index (χ1v) is 8.08. The SMILES string of the molecule is Cc1ccnn1-c1ccc(-c2nc(C3CNCCN3C)no2)cc1.Cl. The normalized spacial score (nSPS) is 18.1. The van der Waals surface area contributed by atoms with Crippen molar-refractivity contribution in [2.24, 2.45) is 0 Å². The standard InChI is InChI=1S/C17H20N6O.ClH/c1-12-7-8-19-23(12)14-5-3-13(4-6-14)17-20-16(21-24-17)15-11-18-9-10-22(15)2;/h3-8,15,18H,9-11H2,1-2H3;1H. The summed E-state index contributed by atoms with van der Waals surface area (Å²) in [5.74, 6) is 1.28. The number of likely N-dealkylation sites (N-methyl/N-ethyl adjacent to an activating group) is 1. The number of hydrogen-bond donors (Lipinski definition) is 1. The fourth-order valence-corrected chi connectivity index (χ4v) is 2.97. The molecule has 0 aliphatic carbocycles. The van der Waals surface area contributed by atoms with Gasteiger partial charge in [-0.2, -0.15) is 10.1 Å². The molecule has 2 aromatic heterocycles. The Morgan fingerprint density at radius 2 is 2.00 bits per heavy atom. The molecule has 0 amide bonds. The lowest BCUT2D eigenvalue weighted by Crippen LogP contribution is -2.44. The first-order chi connectivity index (χ1) is 11.7. The smallest absolute Gasteiger partial charge is 0.257 e. The van der Waals surface area contributed by atoms with Gasteiger partial charge in [-0.3, -0.25) is 4.90 Å². The molecule has 0 radical (unpaired) electrons. The number of benzene rings is 1. The molecule has 8 heteroatoms. The average molecular weight is 361 g/mol. The van der Waals surface area contributed by atoms with E-state index in [4.69, 9.17) is 4.52 Å². The van der Waals surface area contributed by atoms with Crippen LogP contribution in [0.25, 0.3) is 17.1 Å². The molecule has 0 spiro atoms. The number of nitrogens with one attached hydrogen (secondary N) is 1. The van der Waals surface area contributed by atoms with Crippen LogP contribution in [0.1, 0.15) is 17.6 Å². The van der Waals surface area contributed by atoms with Crippen molar-refractivity contribution >= 4 is 12.4 Å². The third-order valence-electron chi connectivity index (χ3n) is 4.44. The zero-order chi connectivity index (χ0) is 16.5. The lowest BCUT2D eigenvalue weighted by Gasteiger charge is -2.30. The number of aromatic nitrogens is 4. The van der Waals surface area contributed by atoms with Gasteiger partial charge in [0.05, 0.1) is 11.7 Å². The van der Waals surface area contributed by atoms with E-state index in [1.165, 1.54) is 0 Å². The topological polar surface area (TPSA) is 72.0 Å². The van der Waals surface area contributed by atoms with Crippen molar-refractivity contribution < 1.29 is 4.52 Å². The van der Waals surface area contributed by atoms with E-state index >= 15 is 0 Å². The number of piperazine rings is 1. The lowest BCUT2D eigenvalue weighted by molar-refractivity contribution is 0.190. The van der Waals surface area contributed by atoms with Crippen LogP contribution in [0.4, 0.5) is 0 Å². The van der Waals surface area contributed by atoms with Gasteiger partial charge < -0.3 is 9.84 Å². The summed E-state index contributed by atoms with van der Waals surface area (Å²) in [7, 11) is 2.09. The van der Waals surface area contributed by atoms with Gasteiger partial charge in [0, 0.05) is 37.1 Å². The van der Waals surface area contributed by atoms with E-state index in [0.29, 0.717) is 5.89 Å². The first-order valence-electron chi connectivity index (χ1n) is 8.08. The van der Waals surface area contributed by atoms with Crippen LogP contribution in [0.2, 0.25) is 0 Å². The highest BCUT2D eigenvalue weighted by molar-refractivity contribution is 5.85. The van der Waals surface area contributed by atoms with Crippen LogP contribution in [0.5, 0.6) is 0 Å². The first kappa shape index (κ1) is 17.6. The van der Waals surface area contributed by atoms with Crippen LogP contribution < -0.4 is 5.32 Å². The van der Waals surface area contributed by atoms with E-state index in [9.17, 15) is 0 Å². The Morgan fingerprint density at radius 3 is 2.68 bits per heavy atom. The Kier molecular flexibility index (Phi) is 5.17. The molecule has 1 saturated heterocycles. The molecule has 7 nitrogen and oxygen atoms in total. The maximum Gasteiger partial charge on any atom is 0.257 e. The summed E-state index contributed by atoms with van der Waals surface area (Å²) in [6.07, 6.45) is 1.79. The Balaban J connectivity index is 0.00000182. The maximum absolute atomic E-state index is 5.47. The van der Waals surface area contributed by atoms with Crippen LogP contribution in [0.15, 0.2) is 41.1 Å². The van der Waals surface area contributed by atoms with Crippen molar-refractivity contribution in [3.63, 3.8) is 0 Å². The van der Waals surface area contributed by atoms with E-state index in [1.807, 2.05) is 41.9 Å². The van der Waals surface area contributed by atoms with E-state index in [2.05, 4.69) is 32.5 Å². The van der Waals surface area contributed by atoms with Gasteiger partial charge in [-0.25, -0.2) is 4.68 Å². The van der Waals surface area contributed by atoms with Crippen LogP contribution in [-0.2, 0) is 0 Å². The van der Waals surface area contributed by atoms with Gasteiger partial charge in [0.2, 0.25) is 0 Å². The number of rotatable bonds is 3. The highest BCUT2D eigenvalue weighted by Crippen LogP contribution is 2.23. The summed E-state index contributed by atoms with van der Waals surface area (Å²) < 4.78 is 7.36. The molecular weight excluding hydrogens is 340 g/mol. The minimum absolute atomic E-state index is 0. The molecule has 0 saturated carbocycles. The second kappa shape index (κ2) is 7.35. The van der Waals surface area contributed by atoms with Crippen LogP contribution in [0.3, 0.4) is 0 Å². The lowest BCUT2D eigenvalue weighted by atomic mass is 10.2. The molecule has 25 heavy (non-hydrogen) atoms. The fourth-order valence-electron chi connectivity index (χ4n) is 2.97. The number of nitrogens with zero attached hydrogens (tertiary/aromatic N) is 5. The minimum atomic E-state index is 0. The Morgan fingerprint density at radius 1 is 1.20 bits per heavy atom. The van der Waals surface area contributed by atoms with Crippen LogP contribution >= 0.6 is 12.4 Å². The molecule has 132 valence electrons. The van der Waals surface area contributed by atoms with Gasteiger partial charge in [-0.15, -0.1) is 12.4 Å². The van der Waals surface area contributed by atoms with Gasteiger partial charge in [0.1, 0.15) is 0 Å². The Hall–Kier alpha value is -2.22. The minimum Gasteiger partial charge on any atom is -0.334 e. The second-order valence-electron chi connectivity index (χ2n) is 6.09. The molecular formula is C17H21ClN6O. The third kappa shape index (κ3) is 3.44. The highest BCUT2D eigenvalue weighted by Gasteiger charge is 2.25. The zero-order valence-corrected chi connectivity index (χ0v) is 15.0. The largest absolute Gasteiger partial charge is 0.334 e. The van der Waals surface area contributed by atoms with E-state index in [-0.39, 0.29) is 18.4 Å². The van der Waals surface area contributed by atoms with E-state index in [0.717, 1.165) is 42.4 Å². The molecule has 4 rings (SSSR count). The van der Waals surface area contributed by atoms with Crippen LogP contribution in [-0.4, -0.2) is 51.5 Å². The summed E-state index contributed by atoms with van der Waals surface area (Å²) >= 11 is 0. The van der Waals surface area contributed by atoms with Gasteiger partial charge in [0.25, 0.3) is 5.89 Å². The number of halogens is 1. The van der Waals surface area contributed by atoms with Crippen molar-refractivity contribution in [3.05, 3.63) is 48.0 Å². The summed E-state index contributed by atoms with van der Waals surface area (Å²) in [6, 6.07) is 10.1. The Labute approximate surface area is 152 Å². The van der Waals surface area contributed by atoms with Gasteiger partial charge >= 0.3 is 0 Å². The molecule has 1 aromatic carbocycles. The Bertz CT molecular complexity index is 828. The van der Waals surface area contributed by atoms with Crippen molar-refractivity contribution in [3.8, 4) is 17.1 Å². The number of aryl methyl sites for hydroxylation is 1. The van der Waals surface area contributed by atoms with Gasteiger partial charge in [-0.05, 0) is 44.3 Å². The molecule has 1 fully saturated rings. The van der Waals surface area contributed by atoms with E-state index in [1.54, 1.807) is 6.20 Å². The summed E-state index contributed by atoms with van der Waals surface area (Å²) in [4.78, 5) is 6.83. The van der Waals surface area contributed by atoms with Crippen molar-refractivity contribution in [2.45, 2.75) is 13.0 Å². The monoisotopic (exact) mass is 360 g/mol. The van der Waals surface area contributed by atoms with Crippen molar-refractivity contribution in [1.29, 1.82) is 0 Å². The van der Waals surface area contributed by atoms with Gasteiger partial charge in [0.15, 0.2) is 5.82 Å². The average Bonchev–Trinajstić information content (AvgIpc) is 3.25. The van der Waals surface area contributed by atoms with Crippen molar-refractivity contribution in [2.75, 3.05) is 26.7 Å². The van der Waals surface area contributed by atoms with Crippen LogP contribution in [0, 0.1) is 6.92 Å². The molecule has 1 atom stereocenters. The molecule has 1 N–H and O–H groups in total. The summed E-state index contributed by atoms with van der Waals surface area (Å²) in [6.45, 7) is 4.84. The molecule has 1 aliphatic heterocycles. The summed E-state index contributed by atoms with van der Waals surface area (Å²) in [5.41, 5.74) is 3.02. The molecule has 3 heterocycles. The fraction of sp³-hybridized carbons (Fsp3) is 0.353. The predicted octanol–water partition coefficient (Wildman–Crippen LogP) is 2.23. The number of hydrogen-bond acceptors (Lipinski definition) is 6. The molecule has 0 bridgehead atoms. The third-order valence-corrected chi connectivity index (χ3v) is 4.44. The van der Waals surface area contributed by atoms with E-state index < -0.39 is 0 Å². The van der Waals surface area contributed by atoms with Crippen molar-refractivity contribution in [1.82, 2.24) is 30.1 Å². The maximum atomic E-state index is 5.47. The molecule has 3 aromatic rings. The second-order valence-corrected chi connectivity index (χ2v) is 6.09. The van der Waals surface area contributed by atoms with Gasteiger partial charge in [-0.1, -0.05) is 5.16 Å².